The predicted molar refractivity (Wildman–Crippen MR) is 87.3 cm³/mol. The average molecular weight is 364 g/mol. The van der Waals surface area contributed by atoms with Crippen molar-refractivity contribution in [1.29, 1.82) is 0 Å². The van der Waals surface area contributed by atoms with E-state index in [0.29, 0.717) is 11.4 Å². The quantitative estimate of drug-likeness (QED) is 0.822. The largest absolute Gasteiger partial charge is 0.435 e. The summed E-state index contributed by atoms with van der Waals surface area (Å²) in [5.41, 5.74) is 0.0729. The van der Waals surface area contributed by atoms with Gasteiger partial charge in [-0.1, -0.05) is 12.6 Å². The van der Waals surface area contributed by atoms with Crippen LogP contribution in [0.2, 0.25) is 0 Å². The van der Waals surface area contributed by atoms with E-state index in [-0.39, 0.29) is 30.6 Å². The van der Waals surface area contributed by atoms with Gasteiger partial charge in [-0.25, -0.2) is 0 Å². The molecule has 9 heteroatoms. The minimum atomic E-state index is -4.58. The highest BCUT2D eigenvalue weighted by Crippen LogP contribution is 2.34. The molecule has 0 saturated heterocycles. The summed E-state index contributed by atoms with van der Waals surface area (Å²) < 4.78 is 39.1. The van der Waals surface area contributed by atoms with Gasteiger partial charge < -0.3 is 10.2 Å². The molecule has 0 aliphatic carbocycles. The maximum absolute atomic E-state index is 13.0. The zero-order chi connectivity index (χ0) is 18.9. The summed E-state index contributed by atoms with van der Waals surface area (Å²) in [5.74, 6) is -0.842. The van der Waals surface area contributed by atoms with Gasteiger partial charge in [-0.05, 0) is 24.3 Å². The molecule has 1 aromatic heterocycles. The van der Waals surface area contributed by atoms with Gasteiger partial charge in [0.15, 0.2) is 5.69 Å². The number of carbonyl (C=O) groups is 2. The van der Waals surface area contributed by atoms with Gasteiger partial charge in [-0.15, -0.1) is 0 Å². The number of aromatic nitrogens is 2. The average Bonchev–Trinajstić information content (AvgIpc) is 3.04. The summed E-state index contributed by atoms with van der Waals surface area (Å²) in [6.07, 6.45) is -3.22. The number of halogens is 3. The van der Waals surface area contributed by atoms with Crippen molar-refractivity contribution in [2.75, 3.05) is 11.9 Å². The first kappa shape index (κ1) is 17.7. The number of aromatic amines is 1. The minimum absolute atomic E-state index is 0.00628. The smallest absolute Gasteiger partial charge is 0.334 e. The number of fused-ring (bicyclic) bond motifs is 1. The fourth-order valence-corrected chi connectivity index (χ4v) is 2.81. The highest BCUT2D eigenvalue weighted by Gasteiger charge is 2.39. The maximum atomic E-state index is 13.0. The molecule has 26 heavy (non-hydrogen) atoms. The molecule has 0 fully saturated rings. The molecule has 0 bridgehead atoms. The van der Waals surface area contributed by atoms with Crippen LogP contribution in [-0.4, -0.2) is 33.5 Å². The van der Waals surface area contributed by atoms with Crippen molar-refractivity contribution in [3.05, 3.63) is 59.4 Å². The van der Waals surface area contributed by atoms with Crippen LogP contribution >= 0.6 is 0 Å². The van der Waals surface area contributed by atoms with Crippen LogP contribution in [0, 0.1) is 0 Å². The summed E-state index contributed by atoms with van der Waals surface area (Å²) in [4.78, 5) is 25.4. The predicted octanol–water partition coefficient (Wildman–Crippen LogP) is 2.75. The van der Waals surface area contributed by atoms with Gasteiger partial charge in [0.25, 0.3) is 5.91 Å². The zero-order valence-electron chi connectivity index (χ0n) is 13.6. The van der Waals surface area contributed by atoms with E-state index >= 15 is 0 Å². The number of H-pyrrole nitrogens is 1. The lowest BCUT2D eigenvalue weighted by atomic mass is 10.0. The van der Waals surface area contributed by atoms with E-state index in [1.165, 1.54) is 11.0 Å². The van der Waals surface area contributed by atoms with Gasteiger partial charge in [-0.3, -0.25) is 14.7 Å². The third-order valence-corrected chi connectivity index (χ3v) is 4.05. The number of rotatable bonds is 3. The molecule has 2 heterocycles. The van der Waals surface area contributed by atoms with Crippen molar-refractivity contribution >= 4 is 17.5 Å². The van der Waals surface area contributed by atoms with Crippen LogP contribution in [0.4, 0.5) is 18.9 Å². The van der Waals surface area contributed by atoms with Crippen molar-refractivity contribution < 1.29 is 22.8 Å². The first-order valence-corrected chi connectivity index (χ1v) is 7.75. The van der Waals surface area contributed by atoms with E-state index in [4.69, 9.17) is 0 Å². The maximum Gasteiger partial charge on any atom is 0.435 e. The molecule has 2 amide bonds. The molecule has 3 rings (SSSR count). The number of anilines is 1. The molecule has 0 unspecified atom stereocenters. The zero-order valence-corrected chi connectivity index (χ0v) is 13.6. The lowest BCUT2D eigenvalue weighted by Crippen LogP contribution is -2.36. The standard InChI is InChI=1S/C17H15F3N4O2/c1-2-14(25)21-11-5-3-4-10(8-11)16(26)24-7-6-13-12(9-24)15(23-22-13)17(18,19)20/h2-5,8H,1,6-7,9H2,(H,21,25)(H,22,23). The van der Waals surface area contributed by atoms with Crippen LogP contribution in [0.15, 0.2) is 36.9 Å². The van der Waals surface area contributed by atoms with Crippen LogP contribution in [0.5, 0.6) is 0 Å². The van der Waals surface area contributed by atoms with Gasteiger partial charge in [0.05, 0.1) is 0 Å². The van der Waals surface area contributed by atoms with Gasteiger partial charge in [0.2, 0.25) is 5.91 Å². The topological polar surface area (TPSA) is 78.1 Å². The normalized spacial score (nSPS) is 13.9. The van der Waals surface area contributed by atoms with Crippen LogP contribution < -0.4 is 5.32 Å². The van der Waals surface area contributed by atoms with Gasteiger partial charge in [-0.2, -0.15) is 18.3 Å². The first-order valence-electron chi connectivity index (χ1n) is 7.75. The molecule has 0 atom stereocenters. The molecular formula is C17H15F3N4O2. The number of benzene rings is 1. The number of hydrogen-bond acceptors (Lipinski definition) is 3. The summed E-state index contributed by atoms with van der Waals surface area (Å²) >= 11 is 0. The highest BCUT2D eigenvalue weighted by molar-refractivity contribution is 6.00. The molecule has 136 valence electrons. The number of alkyl halides is 3. The Morgan fingerprint density at radius 2 is 2.12 bits per heavy atom. The van der Waals surface area contributed by atoms with E-state index in [9.17, 15) is 22.8 Å². The molecule has 2 aromatic rings. The lowest BCUT2D eigenvalue weighted by molar-refractivity contribution is -0.142. The monoisotopic (exact) mass is 364 g/mol. The fourth-order valence-electron chi connectivity index (χ4n) is 2.81. The number of hydrogen-bond donors (Lipinski definition) is 2. The summed E-state index contributed by atoms with van der Waals surface area (Å²) in [6, 6.07) is 6.20. The second-order valence-corrected chi connectivity index (χ2v) is 5.78. The Hall–Kier alpha value is -3.10. The molecule has 0 saturated carbocycles. The van der Waals surface area contributed by atoms with E-state index in [1.54, 1.807) is 18.2 Å². The lowest BCUT2D eigenvalue weighted by Gasteiger charge is -2.27. The van der Waals surface area contributed by atoms with Crippen LogP contribution in [-0.2, 0) is 23.9 Å². The second-order valence-electron chi connectivity index (χ2n) is 5.78. The molecule has 6 nitrogen and oxygen atoms in total. The summed E-state index contributed by atoms with van der Waals surface area (Å²) in [7, 11) is 0. The van der Waals surface area contributed by atoms with Crippen molar-refractivity contribution in [2.45, 2.75) is 19.1 Å². The highest BCUT2D eigenvalue weighted by atomic mass is 19.4. The second kappa shape index (κ2) is 6.66. The Labute approximate surface area is 146 Å². The third-order valence-electron chi connectivity index (χ3n) is 4.05. The SMILES string of the molecule is C=CC(=O)Nc1cccc(C(=O)N2CCc3[nH]nc(C(F)(F)F)c3C2)c1. The Morgan fingerprint density at radius 3 is 2.81 bits per heavy atom. The Kier molecular flexibility index (Phi) is 4.54. The molecule has 0 spiro atoms. The van der Waals surface area contributed by atoms with Gasteiger partial charge >= 0.3 is 6.18 Å². The molecule has 1 aliphatic heterocycles. The fraction of sp³-hybridized carbons (Fsp3) is 0.235. The number of amides is 2. The molecule has 0 radical (unpaired) electrons. The number of carbonyl (C=O) groups excluding carboxylic acids is 2. The van der Waals surface area contributed by atoms with Crippen LogP contribution in [0.3, 0.4) is 0 Å². The van der Waals surface area contributed by atoms with E-state index < -0.39 is 23.7 Å². The van der Waals surface area contributed by atoms with E-state index in [1.807, 2.05) is 0 Å². The molecular weight excluding hydrogens is 349 g/mol. The van der Waals surface area contributed by atoms with Crippen LogP contribution in [0.1, 0.15) is 27.3 Å². The Morgan fingerprint density at radius 1 is 1.35 bits per heavy atom. The molecule has 1 aliphatic rings. The third kappa shape index (κ3) is 3.46. The van der Waals surface area contributed by atoms with Gasteiger partial charge in [0.1, 0.15) is 0 Å². The van der Waals surface area contributed by atoms with Crippen molar-refractivity contribution in [3.8, 4) is 0 Å². The summed E-state index contributed by atoms with van der Waals surface area (Å²) in [5, 5.41) is 8.29. The first-order chi connectivity index (χ1) is 12.3. The minimum Gasteiger partial charge on any atom is -0.334 e. The van der Waals surface area contributed by atoms with E-state index in [2.05, 4.69) is 22.1 Å². The van der Waals surface area contributed by atoms with Crippen molar-refractivity contribution in [2.24, 2.45) is 0 Å². The van der Waals surface area contributed by atoms with Crippen molar-refractivity contribution in [1.82, 2.24) is 15.1 Å². The van der Waals surface area contributed by atoms with Crippen LogP contribution in [0.25, 0.3) is 0 Å². The Bertz CT molecular complexity index is 873. The van der Waals surface area contributed by atoms with Gasteiger partial charge in [0, 0.05) is 42.0 Å². The summed E-state index contributed by atoms with van der Waals surface area (Å²) in [6.45, 7) is 3.44. The molecule has 2 N–H and O–H groups in total. The van der Waals surface area contributed by atoms with Crippen molar-refractivity contribution in [3.63, 3.8) is 0 Å². The number of nitrogens with one attached hydrogen (secondary N) is 2. The Balaban J connectivity index is 1.82. The number of nitrogens with zero attached hydrogens (tertiary/aromatic N) is 2. The van der Waals surface area contributed by atoms with E-state index in [0.717, 1.165) is 6.08 Å². The molecule has 1 aromatic carbocycles.